The molecule has 1 aliphatic heterocycles. The second-order valence-electron chi connectivity index (χ2n) is 8.12. The fourth-order valence-electron chi connectivity index (χ4n) is 4.02. The van der Waals surface area contributed by atoms with Crippen molar-refractivity contribution in [1.82, 2.24) is 4.90 Å². The van der Waals surface area contributed by atoms with Crippen LogP contribution >= 0.6 is 0 Å². The number of amides is 1. The normalized spacial score (nSPS) is 19.4. The molecule has 6 nitrogen and oxygen atoms in total. The molecule has 1 fully saturated rings. The molecule has 1 amide bonds. The summed E-state index contributed by atoms with van der Waals surface area (Å²) in [5, 5.41) is 0. The summed E-state index contributed by atoms with van der Waals surface area (Å²) in [4.78, 5) is 38.3. The van der Waals surface area contributed by atoms with Crippen LogP contribution < -0.4 is 4.74 Å². The standard InChI is InChI=1S/C25H29NO5/c1-16-6-5-7-17(2)26(16)24(28)18(3)30-25(29)22-10-8-20(9-11-22)21-12-14-23(15-13-21)31-19(4)27/h8-18H,5-7H2,1-4H3/t16-,17-,18-/m1/s1. The van der Waals surface area contributed by atoms with Crippen LogP contribution in [-0.4, -0.2) is 40.9 Å². The number of rotatable bonds is 5. The molecule has 3 rings (SSSR count). The van der Waals surface area contributed by atoms with Gasteiger partial charge in [0.2, 0.25) is 0 Å². The van der Waals surface area contributed by atoms with Crippen molar-refractivity contribution in [3.63, 3.8) is 0 Å². The van der Waals surface area contributed by atoms with Gasteiger partial charge in [-0.15, -0.1) is 0 Å². The first kappa shape index (κ1) is 22.5. The van der Waals surface area contributed by atoms with Crippen molar-refractivity contribution in [2.45, 2.75) is 65.1 Å². The third-order valence-corrected chi connectivity index (χ3v) is 5.65. The molecule has 1 saturated heterocycles. The van der Waals surface area contributed by atoms with Crippen LogP contribution in [0.3, 0.4) is 0 Å². The van der Waals surface area contributed by atoms with Gasteiger partial charge in [-0.05, 0) is 75.4 Å². The van der Waals surface area contributed by atoms with E-state index in [4.69, 9.17) is 9.47 Å². The predicted octanol–water partition coefficient (Wildman–Crippen LogP) is 4.61. The lowest BCUT2D eigenvalue weighted by molar-refractivity contribution is -0.146. The molecule has 164 valence electrons. The molecule has 0 bridgehead atoms. The maximum atomic E-state index is 12.8. The molecule has 1 heterocycles. The van der Waals surface area contributed by atoms with Gasteiger partial charge in [0.1, 0.15) is 5.75 Å². The van der Waals surface area contributed by atoms with Crippen LogP contribution in [0.2, 0.25) is 0 Å². The number of hydrogen-bond donors (Lipinski definition) is 0. The van der Waals surface area contributed by atoms with Crippen molar-refractivity contribution in [1.29, 1.82) is 0 Å². The van der Waals surface area contributed by atoms with Crippen LogP contribution in [0.25, 0.3) is 11.1 Å². The van der Waals surface area contributed by atoms with E-state index in [-0.39, 0.29) is 24.0 Å². The summed E-state index contributed by atoms with van der Waals surface area (Å²) in [5.74, 6) is -0.549. The van der Waals surface area contributed by atoms with E-state index in [1.165, 1.54) is 6.92 Å². The Balaban J connectivity index is 1.63. The number of carbonyl (C=O) groups excluding carboxylic acids is 3. The topological polar surface area (TPSA) is 72.9 Å². The minimum Gasteiger partial charge on any atom is -0.449 e. The van der Waals surface area contributed by atoms with E-state index in [9.17, 15) is 14.4 Å². The molecule has 0 saturated carbocycles. The number of benzene rings is 2. The van der Waals surface area contributed by atoms with Gasteiger partial charge in [-0.2, -0.15) is 0 Å². The van der Waals surface area contributed by atoms with E-state index in [2.05, 4.69) is 0 Å². The molecule has 0 aliphatic carbocycles. The minimum atomic E-state index is -0.830. The Kier molecular flexibility index (Phi) is 7.10. The smallest absolute Gasteiger partial charge is 0.338 e. The Hall–Kier alpha value is -3.15. The first-order chi connectivity index (χ1) is 14.8. The predicted molar refractivity (Wildman–Crippen MR) is 118 cm³/mol. The highest BCUT2D eigenvalue weighted by molar-refractivity contribution is 5.92. The first-order valence-electron chi connectivity index (χ1n) is 10.7. The number of esters is 2. The van der Waals surface area contributed by atoms with E-state index in [1.807, 2.05) is 43.0 Å². The average molecular weight is 424 g/mol. The number of piperidine rings is 1. The molecule has 6 heteroatoms. The maximum absolute atomic E-state index is 12.8. The number of nitrogens with zero attached hydrogens (tertiary/aromatic N) is 1. The highest BCUT2D eigenvalue weighted by Gasteiger charge is 2.33. The molecule has 2 aromatic carbocycles. The second-order valence-corrected chi connectivity index (χ2v) is 8.12. The Labute approximate surface area is 183 Å². The van der Waals surface area contributed by atoms with Crippen molar-refractivity contribution in [3.8, 4) is 16.9 Å². The average Bonchev–Trinajstić information content (AvgIpc) is 2.73. The zero-order valence-electron chi connectivity index (χ0n) is 18.5. The Bertz CT molecular complexity index is 925. The fourth-order valence-corrected chi connectivity index (χ4v) is 4.02. The summed E-state index contributed by atoms with van der Waals surface area (Å²) in [5.41, 5.74) is 2.22. The fraction of sp³-hybridized carbons (Fsp3) is 0.400. The maximum Gasteiger partial charge on any atom is 0.338 e. The van der Waals surface area contributed by atoms with Gasteiger partial charge < -0.3 is 14.4 Å². The van der Waals surface area contributed by atoms with Gasteiger partial charge in [-0.25, -0.2) is 4.79 Å². The minimum absolute atomic E-state index is 0.141. The molecule has 31 heavy (non-hydrogen) atoms. The zero-order chi connectivity index (χ0) is 22.5. The summed E-state index contributed by atoms with van der Waals surface area (Å²) in [6.45, 7) is 7.07. The third-order valence-electron chi connectivity index (χ3n) is 5.65. The Morgan fingerprint density at radius 3 is 1.94 bits per heavy atom. The highest BCUT2D eigenvalue weighted by atomic mass is 16.5. The van der Waals surface area contributed by atoms with Gasteiger partial charge in [0.15, 0.2) is 6.10 Å². The van der Waals surface area contributed by atoms with Gasteiger partial charge in [0.05, 0.1) is 5.56 Å². The van der Waals surface area contributed by atoms with Gasteiger partial charge in [0, 0.05) is 19.0 Å². The summed E-state index contributed by atoms with van der Waals surface area (Å²) in [6.07, 6.45) is 2.23. The molecule has 0 unspecified atom stereocenters. The van der Waals surface area contributed by atoms with Crippen LogP contribution in [0.4, 0.5) is 0 Å². The van der Waals surface area contributed by atoms with E-state index in [0.717, 1.165) is 30.4 Å². The summed E-state index contributed by atoms with van der Waals surface area (Å²) in [6, 6.07) is 14.4. The Morgan fingerprint density at radius 2 is 1.42 bits per heavy atom. The molecule has 0 aromatic heterocycles. The van der Waals surface area contributed by atoms with E-state index >= 15 is 0 Å². The third kappa shape index (κ3) is 5.51. The van der Waals surface area contributed by atoms with Crippen LogP contribution in [0, 0.1) is 0 Å². The summed E-state index contributed by atoms with van der Waals surface area (Å²) < 4.78 is 10.5. The van der Waals surface area contributed by atoms with Gasteiger partial charge in [-0.1, -0.05) is 24.3 Å². The van der Waals surface area contributed by atoms with E-state index in [0.29, 0.717) is 11.3 Å². The van der Waals surface area contributed by atoms with Crippen LogP contribution in [0.15, 0.2) is 48.5 Å². The number of hydrogen-bond acceptors (Lipinski definition) is 5. The summed E-state index contributed by atoms with van der Waals surface area (Å²) >= 11 is 0. The largest absolute Gasteiger partial charge is 0.449 e. The zero-order valence-corrected chi connectivity index (χ0v) is 18.5. The van der Waals surface area contributed by atoms with Crippen molar-refractivity contribution in [2.24, 2.45) is 0 Å². The summed E-state index contributed by atoms with van der Waals surface area (Å²) in [7, 11) is 0. The number of carbonyl (C=O) groups is 3. The molecule has 0 spiro atoms. The molecule has 0 radical (unpaired) electrons. The SMILES string of the molecule is CC(=O)Oc1ccc(-c2ccc(C(=O)O[C@H](C)C(=O)N3[C@H](C)CCC[C@H]3C)cc2)cc1. The Morgan fingerprint density at radius 1 is 0.903 bits per heavy atom. The van der Waals surface area contributed by atoms with Crippen LogP contribution in [0.1, 0.15) is 57.3 Å². The molecule has 3 atom stereocenters. The molecular formula is C25H29NO5. The molecular weight excluding hydrogens is 394 g/mol. The van der Waals surface area contributed by atoms with Crippen LogP contribution in [-0.2, 0) is 14.3 Å². The number of ether oxygens (including phenoxy) is 2. The quantitative estimate of drug-likeness (QED) is 0.519. The molecule has 1 aliphatic rings. The first-order valence-corrected chi connectivity index (χ1v) is 10.7. The van der Waals surface area contributed by atoms with Crippen LogP contribution in [0.5, 0.6) is 5.75 Å². The van der Waals surface area contributed by atoms with Crippen molar-refractivity contribution in [2.75, 3.05) is 0 Å². The molecule has 0 N–H and O–H groups in total. The second kappa shape index (κ2) is 9.77. The van der Waals surface area contributed by atoms with E-state index in [1.54, 1.807) is 31.2 Å². The monoisotopic (exact) mass is 423 g/mol. The lowest BCUT2D eigenvalue weighted by Crippen LogP contribution is -2.51. The van der Waals surface area contributed by atoms with E-state index < -0.39 is 12.1 Å². The highest BCUT2D eigenvalue weighted by Crippen LogP contribution is 2.25. The van der Waals surface area contributed by atoms with Crippen molar-refractivity contribution < 1.29 is 23.9 Å². The molecule has 2 aromatic rings. The lowest BCUT2D eigenvalue weighted by atomic mass is 9.97. The van der Waals surface area contributed by atoms with Crippen molar-refractivity contribution in [3.05, 3.63) is 54.1 Å². The number of likely N-dealkylation sites (tertiary alicyclic amines) is 1. The van der Waals surface area contributed by atoms with Gasteiger partial charge in [0.25, 0.3) is 5.91 Å². The van der Waals surface area contributed by atoms with Gasteiger partial charge in [-0.3, -0.25) is 9.59 Å². The van der Waals surface area contributed by atoms with Crippen molar-refractivity contribution >= 4 is 17.8 Å². The van der Waals surface area contributed by atoms with Gasteiger partial charge >= 0.3 is 11.9 Å². The lowest BCUT2D eigenvalue weighted by Gasteiger charge is -2.40.